The molecule has 0 saturated carbocycles. The molecule has 0 fully saturated rings. The molecule has 1 aromatic rings. The van der Waals surface area contributed by atoms with E-state index >= 15 is 0 Å². The van der Waals surface area contributed by atoms with Gasteiger partial charge in [0, 0.05) is 11.8 Å². The molecule has 0 radical (unpaired) electrons. The van der Waals surface area contributed by atoms with Gasteiger partial charge in [-0.05, 0) is 12.1 Å². The van der Waals surface area contributed by atoms with Crippen molar-refractivity contribution in [1.82, 2.24) is 0 Å². The Labute approximate surface area is 81.4 Å². The van der Waals surface area contributed by atoms with Crippen molar-refractivity contribution in [2.45, 2.75) is 6.10 Å². The third-order valence-electron chi connectivity index (χ3n) is 1.86. The Balaban J connectivity index is 2.26. The number of fused-ring (bicyclic) bond motifs is 1. The lowest BCUT2D eigenvalue weighted by Crippen LogP contribution is -2.30. The molecule has 4 heteroatoms. The van der Waals surface area contributed by atoms with Crippen molar-refractivity contribution >= 4 is 17.3 Å². The molecule has 0 bridgehead atoms. The molecular formula is C9H10ClNO2. The van der Waals surface area contributed by atoms with Crippen LogP contribution < -0.4 is 15.2 Å². The molecule has 1 unspecified atom stereocenters. The van der Waals surface area contributed by atoms with Crippen LogP contribution in [0, 0.1) is 0 Å². The van der Waals surface area contributed by atoms with Crippen LogP contribution in [0.1, 0.15) is 0 Å². The minimum atomic E-state index is -0.0576. The van der Waals surface area contributed by atoms with Crippen LogP contribution in [0.5, 0.6) is 11.5 Å². The molecule has 0 saturated heterocycles. The van der Waals surface area contributed by atoms with Crippen LogP contribution in [0.3, 0.4) is 0 Å². The summed E-state index contributed by atoms with van der Waals surface area (Å²) in [5.41, 5.74) is 6.26. The maximum atomic E-state index is 5.65. The largest absolute Gasteiger partial charge is 0.486 e. The highest BCUT2D eigenvalue weighted by Gasteiger charge is 2.19. The van der Waals surface area contributed by atoms with E-state index in [4.69, 9.17) is 26.8 Å². The van der Waals surface area contributed by atoms with Gasteiger partial charge in [0.1, 0.15) is 12.7 Å². The number of benzene rings is 1. The van der Waals surface area contributed by atoms with E-state index in [9.17, 15) is 0 Å². The van der Waals surface area contributed by atoms with Gasteiger partial charge in [-0.1, -0.05) is 0 Å². The molecule has 1 heterocycles. The van der Waals surface area contributed by atoms with Crippen LogP contribution in [-0.4, -0.2) is 18.6 Å². The van der Waals surface area contributed by atoms with Crippen molar-refractivity contribution in [2.24, 2.45) is 0 Å². The molecule has 0 aliphatic carbocycles. The number of alkyl halides is 1. The SMILES string of the molecule is Nc1ccc2c(c1)OCC(CCl)O2. The van der Waals surface area contributed by atoms with Gasteiger partial charge in [0.25, 0.3) is 0 Å². The normalized spacial score (nSPS) is 19.9. The van der Waals surface area contributed by atoms with Gasteiger partial charge in [0.05, 0.1) is 5.88 Å². The van der Waals surface area contributed by atoms with E-state index in [-0.39, 0.29) is 6.10 Å². The Morgan fingerprint density at radius 3 is 3.08 bits per heavy atom. The van der Waals surface area contributed by atoms with Crippen LogP contribution in [0.4, 0.5) is 5.69 Å². The Morgan fingerprint density at radius 1 is 1.46 bits per heavy atom. The third-order valence-corrected chi connectivity index (χ3v) is 2.20. The van der Waals surface area contributed by atoms with E-state index in [1.807, 2.05) is 0 Å². The van der Waals surface area contributed by atoms with Crippen molar-refractivity contribution in [3.05, 3.63) is 18.2 Å². The average molecular weight is 200 g/mol. The summed E-state index contributed by atoms with van der Waals surface area (Å²) in [7, 11) is 0. The fraction of sp³-hybridized carbons (Fsp3) is 0.333. The van der Waals surface area contributed by atoms with E-state index in [2.05, 4.69) is 0 Å². The number of nitrogens with two attached hydrogens (primary N) is 1. The standard InChI is InChI=1S/C9H10ClNO2/c10-4-7-5-12-9-3-6(11)1-2-8(9)13-7/h1-3,7H,4-5,11H2. The van der Waals surface area contributed by atoms with Crippen molar-refractivity contribution in [3.63, 3.8) is 0 Å². The van der Waals surface area contributed by atoms with Gasteiger partial charge >= 0.3 is 0 Å². The Bertz CT molecular complexity index is 316. The van der Waals surface area contributed by atoms with E-state index in [1.54, 1.807) is 18.2 Å². The number of ether oxygens (including phenoxy) is 2. The first-order valence-corrected chi connectivity index (χ1v) is 4.58. The van der Waals surface area contributed by atoms with Crippen molar-refractivity contribution in [3.8, 4) is 11.5 Å². The summed E-state index contributed by atoms with van der Waals surface area (Å²) in [6.07, 6.45) is -0.0576. The minimum Gasteiger partial charge on any atom is -0.486 e. The summed E-state index contributed by atoms with van der Waals surface area (Å²) in [5.74, 6) is 1.84. The molecule has 0 amide bonds. The molecule has 1 aromatic carbocycles. The highest BCUT2D eigenvalue weighted by Crippen LogP contribution is 2.33. The molecule has 2 N–H and O–H groups in total. The zero-order valence-electron chi connectivity index (χ0n) is 7.00. The van der Waals surface area contributed by atoms with Gasteiger partial charge in [-0.3, -0.25) is 0 Å². The van der Waals surface area contributed by atoms with Crippen LogP contribution in [-0.2, 0) is 0 Å². The first kappa shape index (κ1) is 8.51. The lowest BCUT2D eigenvalue weighted by molar-refractivity contribution is 0.106. The van der Waals surface area contributed by atoms with E-state index in [1.165, 1.54) is 0 Å². The van der Waals surface area contributed by atoms with E-state index in [0.717, 1.165) is 0 Å². The second-order valence-corrected chi connectivity index (χ2v) is 3.22. The molecule has 70 valence electrons. The highest BCUT2D eigenvalue weighted by atomic mass is 35.5. The van der Waals surface area contributed by atoms with Gasteiger partial charge in [-0.25, -0.2) is 0 Å². The summed E-state index contributed by atoms with van der Waals surface area (Å²) in [4.78, 5) is 0. The van der Waals surface area contributed by atoms with E-state index < -0.39 is 0 Å². The highest BCUT2D eigenvalue weighted by molar-refractivity contribution is 6.18. The van der Waals surface area contributed by atoms with Gasteiger partial charge in [0.15, 0.2) is 11.5 Å². The maximum absolute atomic E-state index is 5.65. The third kappa shape index (κ3) is 1.65. The van der Waals surface area contributed by atoms with Gasteiger partial charge < -0.3 is 15.2 Å². The molecule has 0 spiro atoms. The van der Waals surface area contributed by atoms with Gasteiger partial charge in [-0.15, -0.1) is 11.6 Å². The van der Waals surface area contributed by atoms with Crippen molar-refractivity contribution in [2.75, 3.05) is 18.2 Å². The van der Waals surface area contributed by atoms with Gasteiger partial charge in [-0.2, -0.15) is 0 Å². The molecular weight excluding hydrogens is 190 g/mol. The lowest BCUT2D eigenvalue weighted by Gasteiger charge is -2.25. The second kappa shape index (κ2) is 3.34. The van der Waals surface area contributed by atoms with Crippen LogP contribution in [0.25, 0.3) is 0 Å². The van der Waals surface area contributed by atoms with Crippen LogP contribution >= 0.6 is 11.6 Å². The second-order valence-electron chi connectivity index (χ2n) is 2.91. The monoisotopic (exact) mass is 199 g/mol. The summed E-state index contributed by atoms with van der Waals surface area (Å²) in [6, 6.07) is 5.32. The Hall–Kier alpha value is -1.09. The number of anilines is 1. The molecule has 1 aliphatic rings. The predicted octanol–water partition coefficient (Wildman–Crippen LogP) is 1.65. The first-order chi connectivity index (χ1) is 6.29. The topological polar surface area (TPSA) is 44.5 Å². The molecule has 13 heavy (non-hydrogen) atoms. The number of hydrogen-bond donors (Lipinski definition) is 1. The fourth-order valence-corrected chi connectivity index (χ4v) is 1.36. The van der Waals surface area contributed by atoms with E-state index in [0.29, 0.717) is 29.7 Å². The molecule has 1 aliphatic heterocycles. The average Bonchev–Trinajstić information content (AvgIpc) is 2.17. The fourth-order valence-electron chi connectivity index (χ4n) is 1.21. The number of hydrogen-bond acceptors (Lipinski definition) is 3. The summed E-state index contributed by atoms with van der Waals surface area (Å²) >= 11 is 5.65. The zero-order valence-corrected chi connectivity index (χ0v) is 7.75. The zero-order chi connectivity index (χ0) is 9.26. The Kier molecular flexibility index (Phi) is 2.19. The summed E-state index contributed by atoms with van der Waals surface area (Å²) in [6.45, 7) is 0.486. The first-order valence-electron chi connectivity index (χ1n) is 4.04. The summed E-state index contributed by atoms with van der Waals surface area (Å²) < 4.78 is 10.9. The molecule has 3 nitrogen and oxygen atoms in total. The molecule has 2 rings (SSSR count). The smallest absolute Gasteiger partial charge is 0.163 e. The number of rotatable bonds is 1. The molecule has 0 aromatic heterocycles. The lowest BCUT2D eigenvalue weighted by atomic mass is 10.2. The van der Waals surface area contributed by atoms with Crippen LogP contribution in [0.2, 0.25) is 0 Å². The van der Waals surface area contributed by atoms with Crippen molar-refractivity contribution in [1.29, 1.82) is 0 Å². The minimum absolute atomic E-state index is 0.0576. The quantitative estimate of drug-likeness (QED) is 0.553. The maximum Gasteiger partial charge on any atom is 0.163 e. The molecule has 1 atom stereocenters. The van der Waals surface area contributed by atoms with Crippen LogP contribution in [0.15, 0.2) is 18.2 Å². The number of nitrogen functional groups attached to an aromatic ring is 1. The number of halogens is 1. The van der Waals surface area contributed by atoms with Gasteiger partial charge in [0.2, 0.25) is 0 Å². The Morgan fingerprint density at radius 2 is 2.31 bits per heavy atom. The summed E-state index contributed by atoms with van der Waals surface area (Å²) in [5, 5.41) is 0. The van der Waals surface area contributed by atoms with Crippen molar-refractivity contribution < 1.29 is 9.47 Å². The predicted molar refractivity (Wildman–Crippen MR) is 51.5 cm³/mol.